The summed E-state index contributed by atoms with van der Waals surface area (Å²) < 4.78 is 0. The molecule has 0 aliphatic carbocycles. The molecule has 3 nitrogen and oxygen atoms in total. The first-order valence-corrected chi connectivity index (χ1v) is 7.82. The number of nitrogens with zero attached hydrogens (tertiary/aromatic N) is 1. The van der Waals surface area contributed by atoms with Crippen molar-refractivity contribution in [1.29, 1.82) is 0 Å². The fourth-order valence-electron chi connectivity index (χ4n) is 2.04. The van der Waals surface area contributed by atoms with Crippen LogP contribution in [-0.2, 0) is 0 Å². The fraction of sp³-hybridized carbons (Fsp3) is 0.312. The van der Waals surface area contributed by atoms with Crippen molar-refractivity contribution < 1.29 is 0 Å². The van der Waals surface area contributed by atoms with Crippen molar-refractivity contribution in [2.45, 2.75) is 24.8 Å². The number of hydrogen-bond donors (Lipinski definition) is 2. The van der Waals surface area contributed by atoms with E-state index in [0.29, 0.717) is 5.82 Å². The van der Waals surface area contributed by atoms with Gasteiger partial charge in [-0.2, -0.15) is 0 Å². The number of pyridine rings is 1. The lowest BCUT2D eigenvalue weighted by atomic mass is 10.1. The molecular formula is C16H21N3S. The van der Waals surface area contributed by atoms with Crippen molar-refractivity contribution in [2.75, 3.05) is 18.0 Å². The molecule has 0 fully saturated rings. The van der Waals surface area contributed by atoms with Crippen LogP contribution in [-0.4, -0.2) is 17.3 Å². The van der Waals surface area contributed by atoms with Crippen molar-refractivity contribution >= 4 is 17.6 Å². The van der Waals surface area contributed by atoms with Gasteiger partial charge < -0.3 is 11.1 Å². The molecular weight excluding hydrogens is 266 g/mol. The van der Waals surface area contributed by atoms with E-state index in [2.05, 4.69) is 48.4 Å². The zero-order valence-electron chi connectivity index (χ0n) is 12.0. The minimum atomic E-state index is 0.222. The maximum absolute atomic E-state index is 5.98. The quantitative estimate of drug-likeness (QED) is 0.799. The Balaban J connectivity index is 2.06. The summed E-state index contributed by atoms with van der Waals surface area (Å²) in [7, 11) is 0. The molecule has 20 heavy (non-hydrogen) atoms. The third-order valence-electron chi connectivity index (χ3n) is 3.13. The van der Waals surface area contributed by atoms with Gasteiger partial charge in [-0.05, 0) is 31.7 Å². The molecule has 106 valence electrons. The Morgan fingerprint density at radius 3 is 2.65 bits per heavy atom. The Morgan fingerprint density at radius 1 is 1.25 bits per heavy atom. The van der Waals surface area contributed by atoms with Crippen LogP contribution < -0.4 is 11.1 Å². The number of nitrogens with two attached hydrogens (primary N) is 1. The lowest BCUT2D eigenvalue weighted by Gasteiger charge is -2.19. The van der Waals surface area contributed by atoms with E-state index in [1.807, 2.05) is 23.9 Å². The zero-order valence-corrected chi connectivity index (χ0v) is 12.8. The number of benzene rings is 1. The molecule has 4 heteroatoms. The number of anilines is 1. The highest BCUT2D eigenvalue weighted by molar-refractivity contribution is 7.99. The predicted octanol–water partition coefficient (Wildman–Crippen LogP) is 3.42. The van der Waals surface area contributed by atoms with Gasteiger partial charge in [-0.3, -0.25) is 0 Å². The molecule has 0 saturated heterocycles. The van der Waals surface area contributed by atoms with Crippen LogP contribution in [0.25, 0.3) is 0 Å². The third kappa shape index (κ3) is 3.99. The van der Waals surface area contributed by atoms with Crippen LogP contribution in [0, 0.1) is 6.92 Å². The zero-order chi connectivity index (χ0) is 14.4. The largest absolute Gasteiger partial charge is 0.383 e. The molecule has 0 bridgehead atoms. The molecule has 1 heterocycles. The minimum Gasteiger partial charge on any atom is -0.383 e. The highest BCUT2D eigenvalue weighted by atomic mass is 32.2. The van der Waals surface area contributed by atoms with Crippen molar-refractivity contribution in [3.05, 3.63) is 53.7 Å². The van der Waals surface area contributed by atoms with Gasteiger partial charge in [0, 0.05) is 28.5 Å². The first kappa shape index (κ1) is 14.9. The van der Waals surface area contributed by atoms with Gasteiger partial charge in [-0.15, -0.1) is 11.8 Å². The molecule has 3 N–H and O–H groups in total. The topological polar surface area (TPSA) is 50.9 Å². The summed E-state index contributed by atoms with van der Waals surface area (Å²) in [5, 5.41) is 3.48. The van der Waals surface area contributed by atoms with E-state index in [1.165, 1.54) is 10.5 Å². The maximum atomic E-state index is 5.98. The van der Waals surface area contributed by atoms with Gasteiger partial charge >= 0.3 is 0 Å². The number of thioether (sulfide) groups is 1. The molecule has 0 radical (unpaired) electrons. The van der Waals surface area contributed by atoms with E-state index < -0.39 is 0 Å². The molecule has 1 atom stereocenters. The molecule has 0 aliphatic heterocycles. The van der Waals surface area contributed by atoms with Gasteiger partial charge in [0.15, 0.2) is 0 Å². The average Bonchev–Trinajstić information content (AvgIpc) is 2.46. The second-order valence-electron chi connectivity index (χ2n) is 4.71. The van der Waals surface area contributed by atoms with E-state index in [0.717, 1.165) is 17.9 Å². The molecule has 0 saturated carbocycles. The van der Waals surface area contributed by atoms with E-state index in [9.17, 15) is 0 Å². The Hall–Kier alpha value is -1.52. The van der Waals surface area contributed by atoms with E-state index in [-0.39, 0.29) is 6.04 Å². The number of hydrogen-bond acceptors (Lipinski definition) is 4. The van der Waals surface area contributed by atoms with Gasteiger partial charge in [0.25, 0.3) is 0 Å². The summed E-state index contributed by atoms with van der Waals surface area (Å²) in [6, 6.07) is 12.8. The molecule has 1 unspecified atom stereocenters. The van der Waals surface area contributed by atoms with Gasteiger partial charge in [-0.1, -0.05) is 30.7 Å². The van der Waals surface area contributed by atoms with Crippen LogP contribution in [0.15, 0.2) is 47.5 Å². The highest BCUT2D eigenvalue weighted by Gasteiger charge is 2.14. The van der Waals surface area contributed by atoms with Crippen molar-refractivity contribution in [3.63, 3.8) is 0 Å². The van der Waals surface area contributed by atoms with Crippen LogP contribution in [0.1, 0.15) is 24.1 Å². The molecule has 0 aliphatic rings. The average molecular weight is 287 g/mol. The van der Waals surface area contributed by atoms with E-state index in [4.69, 9.17) is 5.73 Å². The number of rotatable bonds is 6. The second-order valence-corrected chi connectivity index (χ2v) is 5.81. The molecule has 0 amide bonds. The van der Waals surface area contributed by atoms with Gasteiger partial charge in [0.05, 0.1) is 0 Å². The standard InChI is InChI=1S/C16H21N3S/c1-3-18-15(14-5-4-10-19-16(14)17)11-20-13-8-6-12(2)7-9-13/h4-10,15,18H,3,11H2,1-2H3,(H2,17,19). The molecule has 1 aromatic carbocycles. The van der Waals surface area contributed by atoms with Gasteiger partial charge in [-0.25, -0.2) is 4.98 Å². The Bertz CT molecular complexity index is 540. The van der Waals surface area contributed by atoms with Gasteiger partial charge in [0.2, 0.25) is 0 Å². The first-order valence-electron chi connectivity index (χ1n) is 6.84. The van der Waals surface area contributed by atoms with Crippen LogP contribution in [0.3, 0.4) is 0 Å². The summed E-state index contributed by atoms with van der Waals surface area (Å²) in [6.45, 7) is 5.12. The molecule has 0 spiro atoms. The van der Waals surface area contributed by atoms with Crippen LogP contribution in [0.4, 0.5) is 5.82 Å². The maximum Gasteiger partial charge on any atom is 0.128 e. The Labute approximate surface area is 125 Å². The van der Waals surface area contributed by atoms with Crippen LogP contribution >= 0.6 is 11.8 Å². The Morgan fingerprint density at radius 2 is 2.00 bits per heavy atom. The van der Waals surface area contributed by atoms with Gasteiger partial charge in [0.1, 0.15) is 5.82 Å². The van der Waals surface area contributed by atoms with Crippen molar-refractivity contribution in [3.8, 4) is 0 Å². The molecule has 2 aromatic rings. The summed E-state index contributed by atoms with van der Waals surface area (Å²) in [4.78, 5) is 5.46. The van der Waals surface area contributed by atoms with E-state index in [1.54, 1.807) is 6.20 Å². The van der Waals surface area contributed by atoms with Crippen LogP contribution in [0.5, 0.6) is 0 Å². The minimum absolute atomic E-state index is 0.222. The smallest absolute Gasteiger partial charge is 0.128 e. The monoisotopic (exact) mass is 287 g/mol. The summed E-state index contributed by atoms with van der Waals surface area (Å²) >= 11 is 1.83. The first-order chi connectivity index (χ1) is 9.70. The number of aryl methyl sites for hydroxylation is 1. The summed E-state index contributed by atoms with van der Waals surface area (Å²) in [6.07, 6.45) is 1.73. The normalized spacial score (nSPS) is 12.3. The summed E-state index contributed by atoms with van der Waals surface area (Å²) in [5.74, 6) is 1.55. The number of aromatic nitrogens is 1. The number of nitrogens with one attached hydrogen (secondary N) is 1. The molecule has 1 aromatic heterocycles. The van der Waals surface area contributed by atoms with E-state index >= 15 is 0 Å². The highest BCUT2D eigenvalue weighted by Crippen LogP contribution is 2.27. The Kier molecular flexibility index (Phi) is 5.44. The molecule has 2 rings (SSSR count). The fourth-order valence-corrected chi connectivity index (χ4v) is 3.03. The van der Waals surface area contributed by atoms with Crippen molar-refractivity contribution in [1.82, 2.24) is 10.3 Å². The lowest BCUT2D eigenvalue weighted by Crippen LogP contribution is -2.24. The second kappa shape index (κ2) is 7.31. The number of nitrogen functional groups attached to an aromatic ring is 1. The van der Waals surface area contributed by atoms with Crippen LogP contribution in [0.2, 0.25) is 0 Å². The van der Waals surface area contributed by atoms with Crippen molar-refractivity contribution in [2.24, 2.45) is 0 Å². The third-order valence-corrected chi connectivity index (χ3v) is 4.24. The predicted molar refractivity (Wildman–Crippen MR) is 87.0 cm³/mol. The summed E-state index contributed by atoms with van der Waals surface area (Å²) in [5.41, 5.74) is 8.34. The lowest BCUT2D eigenvalue weighted by molar-refractivity contribution is 0.606. The SMILES string of the molecule is CCNC(CSc1ccc(C)cc1)c1cccnc1N.